The standard InChI is InChI=1S/C18H19F3N2/c1-12-3-7-14(8-4-12)16(11-17(22)18(19,20)21)23-15-9-5-13(2)6-10-15/h3,5-7,9-11H,4,8,22H2,1-2H3. The van der Waals surface area contributed by atoms with Crippen molar-refractivity contribution in [1.29, 1.82) is 0 Å². The summed E-state index contributed by atoms with van der Waals surface area (Å²) in [7, 11) is 0. The predicted molar refractivity (Wildman–Crippen MR) is 87.7 cm³/mol. The highest BCUT2D eigenvalue weighted by molar-refractivity contribution is 6.10. The molecule has 0 saturated heterocycles. The molecule has 2 N–H and O–H groups in total. The molecule has 1 aliphatic rings. The van der Waals surface area contributed by atoms with E-state index in [-0.39, 0.29) is 5.71 Å². The molecule has 0 saturated carbocycles. The lowest BCUT2D eigenvalue weighted by Crippen LogP contribution is -2.21. The zero-order valence-electron chi connectivity index (χ0n) is 13.1. The topological polar surface area (TPSA) is 38.4 Å². The molecule has 0 aromatic heterocycles. The molecule has 0 unspecified atom stereocenters. The Kier molecular flexibility index (Phi) is 5.08. The number of halogens is 3. The monoisotopic (exact) mass is 320 g/mol. The summed E-state index contributed by atoms with van der Waals surface area (Å²) in [5.74, 6) is 0. The van der Waals surface area contributed by atoms with Crippen LogP contribution in [0.5, 0.6) is 0 Å². The van der Waals surface area contributed by atoms with Crippen LogP contribution in [0.2, 0.25) is 0 Å². The Hall–Kier alpha value is -2.30. The maximum Gasteiger partial charge on any atom is 0.430 e. The Morgan fingerprint density at radius 2 is 1.74 bits per heavy atom. The van der Waals surface area contributed by atoms with E-state index < -0.39 is 11.9 Å². The molecule has 0 radical (unpaired) electrons. The van der Waals surface area contributed by atoms with E-state index in [4.69, 9.17) is 5.73 Å². The second-order valence-electron chi connectivity index (χ2n) is 5.63. The van der Waals surface area contributed by atoms with Crippen LogP contribution in [0.15, 0.2) is 64.3 Å². The van der Waals surface area contributed by atoms with Crippen molar-refractivity contribution in [3.05, 3.63) is 64.9 Å². The predicted octanol–water partition coefficient (Wildman–Crippen LogP) is 5.14. The Balaban J connectivity index is 2.45. The fourth-order valence-corrected chi connectivity index (χ4v) is 2.14. The van der Waals surface area contributed by atoms with Gasteiger partial charge in [-0.3, -0.25) is 0 Å². The van der Waals surface area contributed by atoms with Gasteiger partial charge in [0.25, 0.3) is 0 Å². The van der Waals surface area contributed by atoms with Gasteiger partial charge in [0.2, 0.25) is 0 Å². The van der Waals surface area contributed by atoms with E-state index in [1.165, 1.54) is 5.57 Å². The molecule has 1 aliphatic carbocycles. The average Bonchev–Trinajstić information content (AvgIpc) is 2.48. The van der Waals surface area contributed by atoms with Crippen molar-refractivity contribution in [2.45, 2.75) is 32.9 Å². The van der Waals surface area contributed by atoms with Gasteiger partial charge in [-0.2, -0.15) is 13.2 Å². The molecule has 0 spiro atoms. The quantitative estimate of drug-likeness (QED) is 0.770. The number of alkyl halides is 3. The molecule has 2 nitrogen and oxygen atoms in total. The van der Waals surface area contributed by atoms with E-state index in [1.54, 1.807) is 12.1 Å². The Labute approximate surface area is 133 Å². The highest BCUT2D eigenvalue weighted by atomic mass is 19.4. The summed E-state index contributed by atoms with van der Waals surface area (Å²) in [6, 6.07) is 7.29. The highest BCUT2D eigenvalue weighted by Gasteiger charge is 2.32. The van der Waals surface area contributed by atoms with E-state index in [0.29, 0.717) is 12.1 Å². The molecule has 2 rings (SSSR count). The summed E-state index contributed by atoms with van der Waals surface area (Å²) >= 11 is 0. The largest absolute Gasteiger partial charge is 0.430 e. The fraction of sp³-hybridized carbons (Fsp3) is 0.278. The van der Waals surface area contributed by atoms with Crippen molar-refractivity contribution in [3.8, 4) is 0 Å². The molecule has 0 aliphatic heterocycles. The van der Waals surface area contributed by atoms with Gasteiger partial charge in [-0.15, -0.1) is 0 Å². The van der Waals surface area contributed by atoms with Crippen LogP contribution in [0.1, 0.15) is 25.3 Å². The first-order valence-electron chi connectivity index (χ1n) is 7.32. The molecule has 1 aromatic rings. The van der Waals surface area contributed by atoms with Crippen molar-refractivity contribution >= 4 is 11.4 Å². The van der Waals surface area contributed by atoms with E-state index in [2.05, 4.69) is 4.99 Å². The minimum Gasteiger partial charge on any atom is -0.395 e. The lowest BCUT2D eigenvalue weighted by atomic mass is 9.95. The third-order valence-corrected chi connectivity index (χ3v) is 3.59. The summed E-state index contributed by atoms with van der Waals surface area (Å²) in [6.07, 6.45) is 1.52. The molecule has 0 bridgehead atoms. The van der Waals surface area contributed by atoms with Crippen molar-refractivity contribution in [2.24, 2.45) is 10.7 Å². The Morgan fingerprint density at radius 1 is 1.09 bits per heavy atom. The molecule has 122 valence electrons. The van der Waals surface area contributed by atoms with Gasteiger partial charge >= 0.3 is 6.18 Å². The molecule has 0 heterocycles. The average molecular weight is 320 g/mol. The van der Waals surface area contributed by atoms with Crippen LogP contribution < -0.4 is 5.73 Å². The Morgan fingerprint density at radius 3 is 2.26 bits per heavy atom. The molecule has 0 atom stereocenters. The second-order valence-corrected chi connectivity index (χ2v) is 5.63. The van der Waals surface area contributed by atoms with Gasteiger partial charge in [-0.1, -0.05) is 35.4 Å². The first-order valence-corrected chi connectivity index (χ1v) is 7.32. The lowest BCUT2D eigenvalue weighted by molar-refractivity contribution is -0.0925. The van der Waals surface area contributed by atoms with Crippen LogP contribution in [0, 0.1) is 6.92 Å². The molecular formula is C18H19F3N2. The number of aliphatic imine (C=N–C) groups is 1. The van der Waals surface area contributed by atoms with Gasteiger partial charge in [0.1, 0.15) is 5.70 Å². The Bertz CT molecular complexity index is 690. The minimum atomic E-state index is -4.56. The van der Waals surface area contributed by atoms with E-state index in [1.807, 2.05) is 38.1 Å². The molecule has 5 heteroatoms. The van der Waals surface area contributed by atoms with Gasteiger partial charge in [0.15, 0.2) is 0 Å². The third kappa shape index (κ3) is 4.84. The van der Waals surface area contributed by atoms with Crippen molar-refractivity contribution in [3.63, 3.8) is 0 Å². The van der Waals surface area contributed by atoms with Gasteiger partial charge in [-0.25, -0.2) is 4.99 Å². The molecule has 0 fully saturated rings. The fourth-order valence-electron chi connectivity index (χ4n) is 2.14. The van der Waals surface area contributed by atoms with Crippen LogP contribution in [0.4, 0.5) is 18.9 Å². The van der Waals surface area contributed by atoms with Crippen LogP contribution >= 0.6 is 0 Å². The maximum absolute atomic E-state index is 12.8. The second kappa shape index (κ2) is 6.86. The minimum absolute atomic E-state index is 0.257. The first-order chi connectivity index (χ1) is 10.8. The third-order valence-electron chi connectivity index (χ3n) is 3.59. The zero-order chi connectivity index (χ0) is 17.0. The molecule has 0 amide bonds. The number of rotatable bonds is 3. The normalized spacial score (nSPS) is 16.9. The van der Waals surface area contributed by atoms with Gasteiger partial charge in [0.05, 0.1) is 11.4 Å². The summed E-state index contributed by atoms with van der Waals surface area (Å²) in [5, 5.41) is 0. The maximum atomic E-state index is 12.8. The number of allylic oxidation sites excluding steroid dienone is 6. The summed E-state index contributed by atoms with van der Waals surface area (Å²) in [6.45, 7) is 3.93. The lowest BCUT2D eigenvalue weighted by Gasteiger charge is -2.14. The number of hydrogen-bond donors (Lipinski definition) is 1. The first kappa shape index (κ1) is 17.1. The highest BCUT2D eigenvalue weighted by Crippen LogP contribution is 2.26. The van der Waals surface area contributed by atoms with Gasteiger partial charge in [0, 0.05) is 0 Å². The van der Waals surface area contributed by atoms with Crippen molar-refractivity contribution in [2.75, 3.05) is 0 Å². The SMILES string of the molecule is CC1=CC=C(C(C=C(N)C(F)(F)F)=Nc2ccc(C)cc2)CC1. The number of nitrogens with zero attached hydrogens (tertiary/aromatic N) is 1. The number of benzene rings is 1. The number of nitrogens with two attached hydrogens (primary N) is 1. The van der Waals surface area contributed by atoms with Crippen LogP contribution in [0.3, 0.4) is 0 Å². The van der Waals surface area contributed by atoms with E-state index in [0.717, 1.165) is 23.6 Å². The van der Waals surface area contributed by atoms with Crippen LogP contribution in [-0.2, 0) is 0 Å². The summed E-state index contributed by atoms with van der Waals surface area (Å²) in [5.41, 5.74) is 7.90. The van der Waals surface area contributed by atoms with E-state index >= 15 is 0 Å². The van der Waals surface area contributed by atoms with E-state index in [9.17, 15) is 13.2 Å². The summed E-state index contributed by atoms with van der Waals surface area (Å²) in [4.78, 5) is 4.36. The van der Waals surface area contributed by atoms with Gasteiger partial charge in [-0.05, 0) is 50.5 Å². The van der Waals surface area contributed by atoms with Crippen molar-refractivity contribution in [1.82, 2.24) is 0 Å². The molecule has 1 aromatic carbocycles. The van der Waals surface area contributed by atoms with Crippen molar-refractivity contribution < 1.29 is 13.2 Å². The summed E-state index contributed by atoms with van der Waals surface area (Å²) < 4.78 is 38.3. The number of aryl methyl sites for hydroxylation is 1. The number of hydrogen-bond acceptors (Lipinski definition) is 2. The molecule has 23 heavy (non-hydrogen) atoms. The van der Waals surface area contributed by atoms with Gasteiger partial charge < -0.3 is 5.73 Å². The zero-order valence-corrected chi connectivity index (χ0v) is 13.1. The molecular weight excluding hydrogens is 301 g/mol. The van der Waals surface area contributed by atoms with Crippen LogP contribution in [-0.4, -0.2) is 11.9 Å². The smallest absolute Gasteiger partial charge is 0.395 e. The van der Waals surface area contributed by atoms with Crippen LogP contribution in [0.25, 0.3) is 0 Å².